The van der Waals surface area contributed by atoms with E-state index in [0.717, 1.165) is 24.7 Å². The minimum Gasteiger partial charge on any atom is -0.396 e. The van der Waals surface area contributed by atoms with Crippen molar-refractivity contribution in [1.29, 1.82) is 0 Å². The third-order valence-corrected chi connectivity index (χ3v) is 3.51. The molecule has 1 aromatic rings. The number of aliphatic hydroxyl groups excluding tert-OH is 1. The first-order valence-electron chi connectivity index (χ1n) is 6.05. The van der Waals surface area contributed by atoms with E-state index in [-0.39, 0.29) is 0 Å². The van der Waals surface area contributed by atoms with Crippen LogP contribution in [0.4, 0.5) is 0 Å². The Morgan fingerprint density at radius 1 is 1.33 bits per heavy atom. The number of benzene rings is 1. The molecule has 0 aliphatic heterocycles. The summed E-state index contributed by atoms with van der Waals surface area (Å²) in [6, 6.07) is 8.74. The summed E-state index contributed by atoms with van der Waals surface area (Å²) in [4.78, 5) is 0. The van der Waals surface area contributed by atoms with E-state index in [0.29, 0.717) is 6.61 Å². The molecule has 1 heteroatoms. The van der Waals surface area contributed by atoms with Gasteiger partial charge in [-0.25, -0.2) is 0 Å². The fourth-order valence-corrected chi connectivity index (χ4v) is 2.47. The normalized spacial score (nSPS) is 24.1. The first-order chi connectivity index (χ1) is 7.36. The minimum absolute atomic E-state index is 0.302. The second kappa shape index (κ2) is 4.80. The lowest BCUT2D eigenvalue weighted by molar-refractivity contribution is 0.288. The number of hydrogen-bond acceptors (Lipinski definition) is 1. The van der Waals surface area contributed by atoms with Gasteiger partial charge in [0, 0.05) is 6.61 Å². The quantitative estimate of drug-likeness (QED) is 0.781. The fourth-order valence-electron chi connectivity index (χ4n) is 2.47. The van der Waals surface area contributed by atoms with Gasteiger partial charge in [0.2, 0.25) is 0 Å². The van der Waals surface area contributed by atoms with Crippen LogP contribution in [0.15, 0.2) is 24.3 Å². The summed E-state index contributed by atoms with van der Waals surface area (Å²) in [5.41, 5.74) is 2.99. The van der Waals surface area contributed by atoms with E-state index in [1.54, 1.807) is 0 Å². The smallest absolute Gasteiger partial charge is 0.0434 e. The first kappa shape index (κ1) is 10.7. The molecule has 0 saturated heterocycles. The van der Waals surface area contributed by atoms with Crippen molar-refractivity contribution in [3.8, 4) is 0 Å². The molecule has 0 spiro atoms. The van der Waals surface area contributed by atoms with Crippen LogP contribution in [0.1, 0.15) is 43.2 Å². The lowest BCUT2D eigenvalue weighted by Crippen LogP contribution is -1.95. The highest BCUT2D eigenvalue weighted by Crippen LogP contribution is 2.50. The zero-order valence-corrected chi connectivity index (χ0v) is 9.45. The van der Waals surface area contributed by atoms with Gasteiger partial charge in [0.25, 0.3) is 0 Å². The van der Waals surface area contributed by atoms with Gasteiger partial charge in [-0.3, -0.25) is 0 Å². The Kier molecular flexibility index (Phi) is 3.42. The monoisotopic (exact) mass is 204 g/mol. The van der Waals surface area contributed by atoms with Crippen LogP contribution in [0.5, 0.6) is 0 Å². The van der Waals surface area contributed by atoms with Gasteiger partial charge >= 0.3 is 0 Å². The van der Waals surface area contributed by atoms with Gasteiger partial charge in [0.15, 0.2) is 0 Å². The third-order valence-electron chi connectivity index (χ3n) is 3.51. The van der Waals surface area contributed by atoms with Crippen LogP contribution in [0, 0.1) is 5.92 Å². The van der Waals surface area contributed by atoms with E-state index in [2.05, 4.69) is 31.2 Å². The topological polar surface area (TPSA) is 20.2 Å². The molecule has 0 aromatic heterocycles. The minimum atomic E-state index is 0.302. The molecule has 1 aliphatic carbocycles. The Hall–Kier alpha value is -0.820. The van der Waals surface area contributed by atoms with Gasteiger partial charge in [-0.05, 0) is 42.2 Å². The Balaban J connectivity index is 2.09. The maximum absolute atomic E-state index is 8.87. The summed E-state index contributed by atoms with van der Waals surface area (Å²) in [5.74, 6) is 1.73. The molecule has 1 nitrogen and oxygen atoms in total. The highest BCUT2D eigenvalue weighted by Gasteiger charge is 2.37. The number of aliphatic hydroxyl groups is 1. The highest BCUT2D eigenvalue weighted by molar-refractivity contribution is 5.34. The molecule has 82 valence electrons. The molecule has 2 rings (SSSR count). The molecule has 1 N–H and O–H groups in total. The summed E-state index contributed by atoms with van der Waals surface area (Å²) >= 11 is 0. The molecule has 0 amide bonds. The van der Waals surface area contributed by atoms with Gasteiger partial charge in [-0.15, -0.1) is 0 Å². The van der Waals surface area contributed by atoms with Gasteiger partial charge in [-0.1, -0.05) is 37.6 Å². The van der Waals surface area contributed by atoms with Crippen LogP contribution < -0.4 is 0 Å². The van der Waals surface area contributed by atoms with Gasteiger partial charge in [0.05, 0.1) is 0 Å². The molecule has 0 bridgehead atoms. The second-order valence-corrected chi connectivity index (χ2v) is 4.54. The Bertz CT molecular complexity index is 319. The van der Waals surface area contributed by atoms with Crippen molar-refractivity contribution >= 4 is 0 Å². The van der Waals surface area contributed by atoms with Crippen LogP contribution in [0.2, 0.25) is 0 Å². The Morgan fingerprint density at radius 3 is 2.80 bits per heavy atom. The number of rotatable bonds is 5. The van der Waals surface area contributed by atoms with Gasteiger partial charge in [0.1, 0.15) is 0 Å². The molecule has 0 heterocycles. The average molecular weight is 204 g/mol. The van der Waals surface area contributed by atoms with Crippen molar-refractivity contribution in [3.05, 3.63) is 35.4 Å². The van der Waals surface area contributed by atoms with Crippen LogP contribution >= 0.6 is 0 Å². The van der Waals surface area contributed by atoms with Crippen LogP contribution in [-0.2, 0) is 6.42 Å². The zero-order valence-electron chi connectivity index (χ0n) is 9.45. The number of hydrogen-bond donors (Lipinski definition) is 1. The Morgan fingerprint density at radius 2 is 2.13 bits per heavy atom. The predicted octanol–water partition coefficient (Wildman–Crippen LogP) is 3.13. The van der Waals surface area contributed by atoms with Crippen LogP contribution in [0.3, 0.4) is 0 Å². The Labute approximate surface area is 92.1 Å². The van der Waals surface area contributed by atoms with E-state index in [4.69, 9.17) is 5.11 Å². The average Bonchev–Trinajstić information content (AvgIpc) is 3.06. The molecule has 15 heavy (non-hydrogen) atoms. The predicted molar refractivity (Wildman–Crippen MR) is 63.0 cm³/mol. The summed E-state index contributed by atoms with van der Waals surface area (Å²) < 4.78 is 0. The third kappa shape index (κ3) is 2.40. The molecule has 1 saturated carbocycles. The van der Waals surface area contributed by atoms with E-state index >= 15 is 0 Å². The molecule has 2 atom stereocenters. The van der Waals surface area contributed by atoms with E-state index in [9.17, 15) is 0 Å². The highest BCUT2D eigenvalue weighted by atomic mass is 16.2. The summed E-state index contributed by atoms with van der Waals surface area (Å²) in [7, 11) is 0. The van der Waals surface area contributed by atoms with Crippen LogP contribution in [0.25, 0.3) is 0 Å². The SMILES string of the molecule is CC[C@H]1C[C@@H]1c1ccccc1CCCO. The second-order valence-electron chi connectivity index (χ2n) is 4.54. The van der Waals surface area contributed by atoms with Crippen molar-refractivity contribution in [2.24, 2.45) is 5.92 Å². The van der Waals surface area contributed by atoms with Crippen molar-refractivity contribution < 1.29 is 5.11 Å². The van der Waals surface area contributed by atoms with E-state index in [1.807, 2.05) is 0 Å². The fraction of sp³-hybridized carbons (Fsp3) is 0.571. The van der Waals surface area contributed by atoms with Crippen LogP contribution in [-0.4, -0.2) is 11.7 Å². The van der Waals surface area contributed by atoms with Crippen molar-refractivity contribution in [3.63, 3.8) is 0 Å². The van der Waals surface area contributed by atoms with E-state index in [1.165, 1.54) is 24.0 Å². The summed E-state index contributed by atoms with van der Waals surface area (Å²) in [6.45, 7) is 2.58. The molecular weight excluding hydrogens is 184 g/mol. The lowest BCUT2D eigenvalue weighted by Gasteiger charge is -2.08. The molecule has 1 aromatic carbocycles. The van der Waals surface area contributed by atoms with Crippen molar-refractivity contribution in [2.45, 2.75) is 38.5 Å². The molecular formula is C14H20O. The molecule has 0 radical (unpaired) electrons. The van der Waals surface area contributed by atoms with Gasteiger partial charge < -0.3 is 5.11 Å². The molecule has 1 aliphatic rings. The standard InChI is InChI=1S/C14H20O/c1-2-11-10-14(11)13-8-4-3-6-12(13)7-5-9-15/h3-4,6,8,11,14-15H,2,5,7,9-10H2,1H3/t11-,14-/m0/s1. The van der Waals surface area contributed by atoms with Gasteiger partial charge in [-0.2, -0.15) is 0 Å². The lowest BCUT2D eigenvalue weighted by atomic mass is 9.98. The number of aryl methyl sites for hydroxylation is 1. The summed E-state index contributed by atoms with van der Waals surface area (Å²) in [5, 5.41) is 8.87. The molecule has 0 unspecified atom stereocenters. The maximum atomic E-state index is 8.87. The largest absolute Gasteiger partial charge is 0.396 e. The molecule has 1 fully saturated rings. The first-order valence-corrected chi connectivity index (χ1v) is 6.05. The zero-order chi connectivity index (χ0) is 10.7. The van der Waals surface area contributed by atoms with Crippen molar-refractivity contribution in [1.82, 2.24) is 0 Å². The van der Waals surface area contributed by atoms with Crippen molar-refractivity contribution in [2.75, 3.05) is 6.61 Å². The summed E-state index contributed by atoms with van der Waals surface area (Å²) in [6.07, 6.45) is 4.59. The maximum Gasteiger partial charge on any atom is 0.0434 e. The van der Waals surface area contributed by atoms with E-state index < -0.39 is 0 Å².